The molecule has 0 radical (unpaired) electrons. The maximum absolute atomic E-state index is 12.0. The van der Waals surface area contributed by atoms with E-state index in [0.717, 1.165) is 5.56 Å². The summed E-state index contributed by atoms with van der Waals surface area (Å²) >= 11 is 5.83. The summed E-state index contributed by atoms with van der Waals surface area (Å²) in [4.78, 5) is 22.8. The van der Waals surface area contributed by atoms with E-state index in [0.29, 0.717) is 22.9 Å². The third kappa shape index (κ3) is 4.49. The zero-order chi connectivity index (χ0) is 15.9. The number of ether oxygens (including phenoxy) is 1. The number of hydrazine groups is 1. The standard InChI is InChI=1S/C16H15ClN2O3/c1-11(20)18-19-16(21)14-4-2-3-5-15(14)22-10-12-6-8-13(17)9-7-12/h2-9H,10H2,1H3,(H,18,20)(H,19,21). The van der Waals surface area contributed by atoms with E-state index in [1.165, 1.54) is 6.92 Å². The molecule has 2 aromatic rings. The molecule has 22 heavy (non-hydrogen) atoms. The van der Waals surface area contributed by atoms with Crippen LogP contribution in [0.2, 0.25) is 5.02 Å². The van der Waals surface area contributed by atoms with Crippen LogP contribution in [0.1, 0.15) is 22.8 Å². The first-order valence-electron chi connectivity index (χ1n) is 6.59. The molecular weight excluding hydrogens is 304 g/mol. The summed E-state index contributed by atoms with van der Waals surface area (Å²) in [7, 11) is 0. The van der Waals surface area contributed by atoms with Gasteiger partial charge in [-0.05, 0) is 29.8 Å². The average Bonchev–Trinajstić information content (AvgIpc) is 2.52. The van der Waals surface area contributed by atoms with E-state index < -0.39 is 5.91 Å². The number of benzene rings is 2. The highest BCUT2D eigenvalue weighted by Gasteiger charge is 2.12. The van der Waals surface area contributed by atoms with E-state index in [1.54, 1.807) is 36.4 Å². The molecule has 0 unspecified atom stereocenters. The van der Waals surface area contributed by atoms with Crippen LogP contribution in [-0.4, -0.2) is 11.8 Å². The van der Waals surface area contributed by atoms with Gasteiger partial charge in [-0.25, -0.2) is 0 Å². The van der Waals surface area contributed by atoms with Gasteiger partial charge < -0.3 is 4.74 Å². The second-order valence-electron chi connectivity index (χ2n) is 4.55. The van der Waals surface area contributed by atoms with Crippen molar-refractivity contribution in [2.24, 2.45) is 0 Å². The first-order valence-corrected chi connectivity index (χ1v) is 6.97. The molecule has 0 aliphatic heterocycles. The maximum Gasteiger partial charge on any atom is 0.273 e. The third-order valence-electron chi connectivity index (χ3n) is 2.79. The molecule has 0 atom stereocenters. The van der Waals surface area contributed by atoms with Crippen molar-refractivity contribution >= 4 is 23.4 Å². The SMILES string of the molecule is CC(=O)NNC(=O)c1ccccc1OCc1ccc(Cl)cc1. The zero-order valence-electron chi connectivity index (χ0n) is 11.9. The molecule has 0 saturated carbocycles. The Balaban J connectivity index is 2.06. The van der Waals surface area contributed by atoms with Crippen molar-refractivity contribution in [2.75, 3.05) is 0 Å². The molecule has 2 N–H and O–H groups in total. The number of hydrogen-bond donors (Lipinski definition) is 2. The molecule has 0 aliphatic carbocycles. The number of amides is 2. The monoisotopic (exact) mass is 318 g/mol. The summed E-state index contributed by atoms with van der Waals surface area (Å²) in [6, 6.07) is 14.0. The lowest BCUT2D eigenvalue weighted by Gasteiger charge is -2.12. The highest BCUT2D eigenvalue weighted by Crippen LogP contribution is 2.19. The lowest BCUT2D eigenvalue weighted by molar-refractivity contribution is -0.119. The van der Waals surface area contributed by atoms with Gasteiger partial charge in [0.25, 0.3) is 5.91 Å². The predicted octanol–water partition coefficient (Wildman–Crippen LogP) is 2.70. The molecule has 0 aromatic heterocycles. The minimum Gasteiger partial charge on any atom is -0.488 e. The Hall–Kier alpha value is -2.53. The molecule has 0 saturated heterocycles. The Labute approximate surface area is 133 Å². The van der Waals surface area contributed by atoms with Gasteiger partial charge in [-0.2, -0.15) is 0 Å². The Morgan fingerprint density at radius 1 is 1.05 bits per heavy atom. The summed E-state index contributed by atoms with van der Waals surface area (Å²) in [5.74, 6) is -0.366. The van der Waals surface area contributed by atoms with Crippen molar-refractivity contribution in [2.45, 2.75) is 13.5 Å². The van der Waals surface area contributed by atoms with Crippen molar-refractivity contribution in [3.05, 3.63) is 64.7 Å². The van der Waals surface area contributed by atoms with Crippen LogP contribution in [0.5, 0.6) is 5.75 Å². The van der Waals surface area contributed by atoms with Gasteiger partial charge in [0.2, 0.25) is 5.91 Å². The highest BCUT2D eigenvalue weighted by atomic mass is 35.5. The van der Waals surface area contributed by atoms with E-state index in [2.05, 4.69) is 10.9 Å². The van der Waals surface area contributed by atoms with Crippen LogP contribution in [-0.2, 0) is 11.4 Å². The smallest absolute Gasteiger partial charge is 0.273 e. The number of rotatable bonds is 4. The first-order chi connectivity index (χ1) is 10.6. The molecule has 6 heteroatoms. The molecule has 114 valence electrons. The van der Waals surface area contributed by atoms with Crippen LogP contribution in [0, 0.1) is 0 Å². The van der Waals surface area contributed by atoms with Crippen molar-refractivity contribution in [1.82, 2.24) is 10.9 Å². The van der Waals surface area contributed by atoms with Gasteiger partial charge in [-0.3, -0.25) is 20.4 Å². The second-order valence-corrected chi connectivity index (χ2v) is 4.98. The highest BCUT2D eigenvalue weighted by molar-refractivity contribution is 6.30. The number of halogens is 1. The normalized spacial score (nSPS) is 9.91. The van der Waals surface area contributed by atoms with Gasteiger partial charge in [0.15, 0.2) is 0 Å². The summed E-state index contributed by atoms with van der Waals surface area (Å²) in [5.41, 5.74) is 5.82. The minimum absolute atomic E-state index is 0.307. The van der Waals surface area contributed by atoms with Crippen LogP contribution in [0.3, 0.4) is 0 Å². The predicted molar refractivity (Wildman–Crippen MR) is 83.5 cm³/mol. The zero-order valence-corrected chi connectivity index (χ0v) is 12.7. The van der Waals surface area contributed by atoms with E-state index in [-0.39, 0.29) is 5.91 Å². The number of carbonyl (C=O) groups is 2. The lowest BCUT2D eigenvalue weighted by Crippen LogP contribution is -2.40. The average molecular weight is 319 g/mol. The fourth-order valence-electron chi connectivity index (χ4n) is 1.73. The number of carbonyl (C=O) groups excluding carboxylic acids is 2. The van der Waals surface area contributed by atoms with Gasteiger partial charge in [0.1, 0.15) is 12.4 Å². The topological polar surface area (TPSA) is 67.4 Å². The molecule has 2 rings (SSSR count). The minimum atomic E-state index is -0.443. The first kappa shape index (κ1) is 15.9. The lowest BCUT2D eigenvalue weighted by atomic mass is 10.2. The number of nitrogens with one attached hydrogen (secondary N) is 2. The summed E-state index contributed by atoms with van der Waals surface area (Å²) in [6.07, 6.45) is 0. The van der Waals surface area contributed by atoms with Gasteiger partial charge in [0.05, 0.1) is 5.56 Å². The van der Waals surface area contributed by atoms with E-state index in [4.69, 9.17) is 16.3 Å². The molecule has 0 heterocycles. The third-order valence-corrected chi connectivity index (χ3v) is 3.04. The summed E-state index contributed by atoms with van der Waals surface area (Å²) in [6.45, 7) is 1.62. The van der Waals surface area contributed by atoms with E-state index in [9.17, 15) is 9.59 Å². The summed E-state index contributed by atoms with van der Waals surface area (Å²) < 4.78 is 5.67. The van der Waals surface area contributed by atoms with E-state index in [1.807, 2.05) is 12.1 Å². The van der Waals surface area contributed by atoms with Crippen LogP contribution < -0.4 is 15.6 Å². The van der Waals surface area contributed by atoms with Gasteiger partial charge >= 0.3 is 0 Å². The molecule has 0 bridgehead atoms. The Morgan fingerprint density at radius 2 is 1.73 bits per heavy atom. The van der Waals surface area contributed by atoms with Gasteiger partial charge in [-0.1, -0.05) is 35.9 Å². The van der Waals surface area contributed by atoms with Gasteiger partial charge in [0, 0.05) is 11.9 Å². The Kier molecular flexibility index (Phi) is 5.38. The maximum atomic E-state index is 12.0. The van der Waals surface area contributed by atoms with Crippen LogP contribution in [0.15, 0.2) is 48.5 Å². The molecule has 0 aliphatic rings. The second kappa shape index (κ2) is 7.47. The fraction of sp³-hybridized carbons (Fsp3) is 0.125. The van der Waals surface area contributed by atoms with E-state index >= 15 is 0 Å². The van der Waals surface area contributed by atoms with Crippen molar-refractivity contribution in [3.8, 4) is 5.75 Å². The molecule has 2 amide bonds. The van der Waals surface area contributed by atoms with Crippen molar-refractivity contribution < 1.29 is 14.3 Å². The quantitative estimate of drug-likeness (QED) is 0.852. The molecule has 5 nitrogen and oxygen atoms in total. The molecule has 2 aromatic carbocycles. The van der Waals surface area contributed by atoms with Crippen molar-refractivity contribution in [3.63, 3.8) is 0 Å². The molecule has 0 spiro atoms. The van der Waals surface area contributed by atoms with Gasteiger partial charge in [-0.15, -0.1) is 0 Å². The van der Waals surface area contributed by atoms with Crippen LogP contribution >= 0.6 is 11.6 Å². The largest absolute Gasteiger partial charge is 0.488 e. The number of para-hydroxylation sites is 1. The van der Waals surface area contributed by atoms with Crippen molar-refractivity contribution in [1.29, 1.82) is 0 Å². The Bertz CT molecular complexity index is 671. The van der Waals surface area contributed by atoms with Crippen LogP contribution in [0.4, 0.5) is 0 Å². The van der Waals surface area contributed by atoms with Crippen LogP contribution in [0.25, 0.3) is 0 Å². The number of hydrogen-bond acceptors (Lipinski definition) is 3. The molecule has 0 fully saturated rings. The Morgan fingerprint density at radius 3 is 2.41 bits per heavy atom. The fourth-order valence-corrected chi connectivity index (χ4v) is 1.86. The molecular formula is C16H15ClN2O3. The summed E-state index contributed by atoms with van der Waals surface area (Å²) in [5, 5.41) is 0.652.